The van der Waals surface area contributed by atoms with Crippen molar-refractivity contribution in [3.8, 4) is 5.75 Å². The lowest BCUT2D eigenvalue weighted by molar-refractivity contribution is -0.119. The molecule has 0 fully saturated rings. The number of carbonyl (C=O) groups is 1. The number of ether oxygens (including phenoxy) is 1. The molecule has 0 radical (unpaired) electrons. The number of ketones is 1. The third kappa shape index (κ3) is 3.74. The van der Waals surface area contributed by atoms with Gasteiger partial charge in [-0.15, -0.1) is 0 Å². The van der Waals surface area contributed by atoms with Crippen molar-refractivity contribution in [2.45, 2.75) is 32.6 Å². The summed E-state index contributed by atoms with van der Waals surface area (Å²) < 4.78 is 5.23. The van der Waals surface area contributed by atoms with Gasteiger partial charge in [-0.25, -0.2) is 0 Å². The Hall–Kier alpha value is -1.31. The maximum atomic E-state index is 11.4. The molecule has 0 N–H and O–H groups in total. The van der Waals surface area contributed by atoms with Crippen LogP contribution in [0, 0.1) is 0 Å². The number of methoxy groups -OCH3 is 1. The molecule has 0 spiro atoms. The number of benzene rings is 1. The van der Waals surface area contributed by atoms with Gasteiger partial charge in [0.15, 0.2) is 0 Å². The van der Waals surface area contributed by atoms with Gasteiger partial charge in [-0.2, -0.15) is 0 Å². The van der Waals surface area contributed by atoms with Gasteiger partial charge in [-0.1, -0.05) is 25.1 Å². The standard InChI is InChI=1S/C13H18O2/c1-3-6-12(14)10-9-11-7-4-5-8-13(11)15-2/h4-5,7-8H,3,6,9-10H2,1-2H3. The lowest BCUT2D eigenvalue weighted by Gasteiger charge is -2.07. The van der Waals surface area contributed by atoms with Gasteiger partial charge in [0, 0.05) is 12.8 Å². The highest BCUT2D eigenvalue weighted by Crippen LogP contribution is 2.19. The van der Waals surface area contributed by atoms with Crippen LogP contribution in [-0.4, -0.2) is 12.9 Å². The van der Waals surface area contributed by atoms with E-state index in [1.54, 1.807) is 7.11 Å². The highest BCUT2D eigenvalue weighted by molar-refractivity contribution is 5.78. The quantitative estimate of drug-likeness (QED) is 0.715. The van der Waals surface area contributed by atoms with E-state index in [2.05, 4.69) is 0 Å². The number of para-hydroxylation sites is 1. The molecule has 2 nitrogen and oxygen atoms in total. The molecular formula is C13H18O2. The molecule has 0 aliphatic heterocycles. The van der Waals surface area contributed by atoms with Crippen molar-refractivity contribution in [2.24, 2.45) is 0 Å². The summed E-state index contributed by atoms with van der Waals surface area (Å²) in [6, 6.07) is 7.86. The van der Waals surface area contributed by atoms with Crippen LogP contribution in [0.25, 0.3) is 0 Å². The van der Waals surface area contributed by atoms with Gasteiger partial charge >= 0.3 is 0 Å². The lowest BCUT2D eigenvalue weighted by Crippen LogP contribution is -2.00. The predicted molar refractivity (Wildman–Crippen MR) is 61.2 cm³/mol. The Bertz CT molecular complexity index is 318. The molecule has 0 unspecified atom stereocenters. The van der Waals surface area contributed by atoms with E-state index in [0.29, 0.717) is 18.6 Å². The van der Waals surface area contributed by atoms with Gasteiger partial charge in [0.05, 0.1) is 7.11 Å². The number of hydrogen-bond donors (Lipinski definition) is 0. The molecule has 0 amide bonds. The Labute approximate surface area is 91.3 Å². The summed E-state index contributed by atoms with van der Waals surface area (Å²) in [7, 11) is 1.66. The van der Waals surface area contributed by atoms with Gasteiger partial charge in [0.2, 0.25) is 0 Å². The van der Waals surface area contributed by atoms with E-state index >= 15 is 0 Å². The molecule has 1 aromatic rings. The normalized spacial score (nSPS) is 10.0. The highest BCUT2D eigenvalue weighted by Gasteiger charge is 2.05. The van der Waals surface area contributed by atoms with Crippen LogP contribution in [0.15, 0.2) is 24.3 Å². The first-order chi connectivity index (χ1) is 7.27. The summed E-state index contributed by atoms with van der Waals surface area (Å²) in [6.07, 6.45) is 3.02. The molecule has 1 rings (SSSR count). The molecule has 0 bridgehead atoms. The Morgan fingerprint density at radius 1 is 1.27 bits per heavy atom. The van der Waals surface area contributed by atoms with Crippen LogP contribution >= 0.6 is 0 Å². The molecule has 0 atom stereocenters. The van der Waals surface area contributed by atoms with Crippen LogP contribution in [0.4, 0.5) is 0 Å². The molecule has 2 heteroatoms. The Morgan fingerprint density at radius 3 is 2.67 bits per heavy atom. The Balaban J connectivity index is 2.53. The average molecular weight is 206 g/mol. The number of Topliss-reactive ketones (excluding diaryl/α,β-unsaturated/α-hetero) is 1. The van der Waals surface area contributed by atoms with E-state index in [1.807, 2.05) is 31.2 Å². The smallest absolute Gasteiger partial charge is 0.133 e. The van der Waals surface area contributed by atoms with Crippen LogP contribution < -0.4 is 4.74 Å². The summed E-state index contributed by atoms with van der Waals surface area (Å²) >= 11 is 0. The topological polar surface area (TPSA) is 26.3 Å². The van der Waals surface area contributed by atoms with E-state index in [9.17, 15) is 4.79 Å². The van der Waals surface area contributed by atoms with E-state index in [4.69, 9.17) is 4.74 Å². The molecule has 1 aromatic carbocycles. The monoisotopic (exact) mass is 206 g/mol. The molecule has 0 saturated heterocycles. The van der Waals surface area contributed by atoms with Gasteiger partial charge in [0.25, 0.3) is 0 Å². The molecule has 82 valence electrons. The minimum Gasteiger partial charge on any atom is -0.496 e. The zero-order valence-corrected chi connectivity index (χ0v) is 9.45. The fourth-order valence-electron chi connectivity index (χ4n) is 1.59. The van der Waals surface area contributed by atoms with Crippen molar-refractivity contribution < 1.29 is 9.53 Å². The van der Waals surface area contributed by atoms with Crippen LogP contribution in [-0.2, 0) is 11.2 Å². The van der Waals surface area contributed by atoms with Crippen molar-refractivity contribution in [2.75, 3.05) is 7.11 Å². The van der Waals surface area contributed by atoms with E-state index in [-0.39, 0.29) is 0 Å². The van der Waals surface area contributed by atoms with Crippen molar-refractivity contribution in [1.29, 1.82) is 0 Å². The SMILES string of the molecule is CCCC(=O)CCc1ccccc1OC. The van der Waals surface area contributed by atoms with Crippen LogP contribution in [0.2, 0.25) is 0 Å². The number of rotatable bonds is 6. The fraction of sp³-hybridized carbons (Fsp3) is 0.462. The second-order valence-corrected chi connectivity index (χ2v) is 3.60. The Morgan fingerprint density at radius 2 is 2.00 bits per heavy atom. The summed E-state index contributed by atoms with van der Waals surface area (Å²) in [6.45, 7) is 2.03. The van der Waals surface area contributed by atoms with Crippen molar-refractivity contribution in [1.82, 2.24) is 0 Å². The van der Waals surface area contributed by atoms with Gasteiger partial charge in [0.1, 0.15) is 11.5 Å². The van der Waals surface area contributed by atoms with E-state index in [0.717, 1.165) is 24.2 Å². The molecule has 15 heavy (non-hydrogen) atoms. The maximum absolute atomic E-state index is 11.4. The van der Waals surface area contributed by atoms with Gasteiger partial charge in [-0.3, -0.25) is 4.79 Å². The molecule has 0 aliphatic carbocycles. The molecule has 0 saturated carbocycles. The predicted octanol–water partition coefficient (Wildman–Crippen LogP) is 3.00. The zero-order valence-electron chi connectivity index (χ0n) is 9.45. The molecular weight excluding hydrogens is 188 g/mol. The summed E-state index contributed by atoms with van der Waals surface area (Å²) in [5.74, 6) is 1.21. The summed E-state index contributed by atoms with van der Waals surface area (Å²) in [4.78, 5) is 11.4. The van der Waals surface area contributed by atoms with E-state index in [1.165, 1.54) is 0 Å². The Kier molecular flexibility index (Phi) is 4.88. The minimum absolute atomic E-state index is 0.336. The summed E-state index contributed by atoms with van der Waals surface area (Å²) in [5, 5.41) is 0. The number of carbonyl (C=O) groups excluding carboxylic acids is 1. The molecule has 0 heterocycles. The van der Waals surface area contributed by atoms with Crippen LogP contribution in [0.5, 0.6) is 5.75 Å². The largest absolute Gasteiger partial charge is 0.496 e. The first kappa shape index (κ1) is 11.8. The van der Waals surface area contributed by atoms with Gasteiger partial charge < -0.3 is 4.74 Å². The highest BCUT2D eigenvalue weighted by atomic mass is 16.5. The van der Waals surface area contributed by atoms with Crippen molar-refractivity contribution >= 4 is 5.78 Å². The fourth-order valence-corrected chi connectivity index (χ4v) is 1.59. The summed E-state index contributed by atoms with van der Waals surface area (Å²) in [5.41, 5.74) is 1.12. The second kappa shape index (κ2) is 6.23. The average Bonchev–Trinajstić information content (AvgIpc) is 2.27. The van der Waals surface area contributed by atoms with Gasteiger partial charge in [-0.05, 0) is 24.5 Å². The maximum Gasteiger partial charge on any atom is 0.133 e. The third-order valence-electron chi connectivity index (χ3n) is 2.39. The second-order valence-electron chi connectivity index (χ2n) is 3.60. The van der Waals surface area contributed by atoms with Crippen LogP contribution in [0.3, 0.4) is 0 Å². The lowest BCUT2D eigenvalue weighted by atomic mass is 10.0. The first-order valence-electron chi connectivity index (χ1n) is 5.41. The van der Waals surface area contributed by atoms with Crippen molar-refractivity contribution in [3.05, 3.63) is 29.8 Å². The third-order valence-corrected chi connectivity index (χ3v) is 2.39. The number of hydrogen-bond acceptors (Lipinski definition) is 2. The molecule has 0 aliphatic rings. The van der Waals surface area contributed by atoms with E-state index < -0.39 is 0 Å². The number of aryl methyl sites for hydroxylation is 1. The first-order valence-corrected chi connectivity index (χ1v) is 5.41. The molecule has 0 aromatic heterocycles. The zero-order chi connectivity index (χ0) is 11.1. The van der Waals surface area contributed by atoms with Crippen LogP contribution in [0.1, 0.15) is 31.7 Å². The van der Waals surface area contributed by atoms with Crippen molar-refractivity contribution in [3.63, 3.8) is 0 Å². The minimum atomic E-state index is 0.336.